The van der Waals surface area contributed by atoms with Crippen LogP contribution in [0.15, 0.2) is 29.9 Å². The molecule has 5 saturated heterocycles. The number of methoxy groups -OCH3 is 3. The summed E-state index contributed by atoms with van der Waals surface area (Å²) >= 11 is 0. The topological polar surface area (TPSA) is 547 Å². The third-order valence-corrected chi connectivity index (χ3v) is 26.4. The van der Waals surface area contributed by atoms with Gasteiger partial charge >= 0.3 is 29.8 Å². The molecule has 1 unspecified atom stereocenters. The van der Waals surface area contributed by atoms with E-state index in [1.54, 1.807) is 12.1 Å². The Morgan fingerprint density at radius 1 is 0.634 bits per heavy atom. The van der Waals surface area contributed by atoms with E-state index in [-0.39, 0.29) is 55.8 Å². The fourth-order valence-corrected chi connectivity index (χ4v) is 20.2. The zero-order chi connectivity index (χ0) is 82.2. The number of aliphatic hydroxyl groups is 14. The van der Waals surface area contributed by atoms with Crippen LogP contribution in [0.25, 0.3) is 6.08 Å². The normalized spacial score (nSPS) is 45.0. The number of aliphatic carboxylic acids is 2. The van der Waals surface area contributed by atoms with E-state index in [0.717, 1.165) is 18.6 Å². The summed E-state index contributed by atoms with van der Waals surface area (Å²) in [6.45, 7) is 9.84. The van der Waals surface area contributed by atoms with Crippen LogP contribution >= 0.6 is 0 Å². The molecule has 0 aromatic heterocycles. The highest BCUT2D eigenvalue weighted by atomic mass is 16.8. The van der Waals surface area contributed by atoms with Crippen LogP contribution in [0.2, 0.25) is 0 Å². The van der Waals surface area contributed by atoms with Crippen molar-refractivity contribution in [3.8, 4) is 17.2 Å². The molecule has 5 heterocycles. The Labute approximate surface area is 646 Å². The highest BCUT2D eigenvalue weighted by Gasteiger charge is 2.74. The molecule has 0 amide bonds. The van der Waals surface area contributed by atoms with Gasteiger partial charge in [0, 0.05) is 11.5 Å². The van der Waals surface area contributed by atoms with Crippen LogP contribution < -0.4 is 14.2 Å². The molecular weight excluding hydrogens is 1490 g/mol. The van der Waals surface area contributed by atoms with Crippen molar-refractivity contribution in [2.24, 2.45) is 50.2 Å². The van der Waals surface area contributed by atoms with Crippen LogP contribution in [-0.2, 0) is 80.8 Å². The summed E-state index contributed by atoms with van der Waals surface area (Å²) in [5.41, 5.74) is -10.1. The molecule has 4 saturated carbocycles. The highest BCUT2D eigenvalue weighted by molar-refractivity contribution is 5.87. The van der Waals surface area contributed by atoms with Crippen molar-refractivity contribution in [1.29, 1.82) is 0 Å². The quantitative estimate of drug-likeness (QED) is 0.0176. The highest BCUT2D eigenvalue weighted by Crippen LogP contribution is 2.76. The number of carboxylic acids is 2. The van der Waals surface area contributed by atoms with Gasteiger partial charge in [0.1, 0.15) is 86.0 Å². The fourth-order valence-electron chi connectivity index (χ4n) is 20.2. The van der Waals surface area contributed by atoms with Gasteiger partial charge in [-0.25, -0.2) is 4.79 Å². The molecular formula is C76H112O36. The summed E-state index contributed by atoms with van der Waals surface area (Å²) < 4.78 is 89.3. The number of hydrogen-bond acceptors (Lipinski definition) is 34. The Morgan fingerprint density at radius 3 is 1.89 bits per heavy atom. The molecule has 33 atom stereocenters. The lowest BCUT2D eigenvalue weighted by molar-refractivity contribution is -0.384. The number of hydrogen-bond donors (Lipinski definition) is 16. The maximum Gasteiger partial charge on any atom is 0.331 e. The van der Waals surface area contributed by atoms with Gasteiger partial charge in [-0.3, -0.25) is 19.2 Å². The van der Waals surface area contributed by atoms with Crippen LogP contribution in [0, 0.1) is 50.2 Å². The first-order valence-corrected chi connectivity index (χ1v) is 38.0. The summed E-state index contributed by atoms with van der Waals surface area (Å²) in [5, 5.41) is 179. The van der Waals surface area contributed by atoms with Gasteiger partial charge in [-0.05, 0) is 143 Å². The van der Waals surface area contributed by atoms with Crippen LogP contribution in [0.3, 0.4) is 0 Å². The Kier molecular flexibility index (Phi) is 25.9. The lowest BCUT2D eigenvalue weighted by atomic mass is 9.33. The molecule has 112 heavy (non-hydrogen) atoms. The average molecular weight is 1600 g/mol. The summed E-state index contributed by atoms with van der Waals surface area (Å²) in [7, 11) is 4.20. The molecule has 0 spiro atoms. The van der Waals surface area contributed by atoms with Crippen LogP contribution in [0.1, 0.15) is 132 Å². The number of aliphatic hydroxyl groups excluding tert-OH is 12. The fraction of sp³-hybridized carbons (Fsp3) is 0.803. The number of fused-ring (bicyclic) bond motifs is 7. The van der Waals surface area contributed by atoms with Crippen molar-refractivity contribution in [3.63, 3.8) is 0 Å². The Morgan fingerprint density at radius 2 is 1.26 bits per heavy atom. The number of esters is 3. The van der Waals surface area contributed by atoms with E-state index < -0.39 is 278 Å². The van der Waals surface area contributed by atoms with Crippen LogP contribution in [0.5, 0.6) is 17.2 Å². The molecule has 1 aromatic rings. The molecule has 10 aliphatic rings. The number of carboxylic acid groups (broad SMARTS) is 2. The van der Waals surface area contributed by atoms with Gasteiger partial charge < -0.3 is 153 Å². The number of benzene rings is 1. The van der Waals surface area contributed by atoms with Crippen LogP contribution in [-0.4, -0.2) is 318 Å². The molecule has 16 N–H and O–H groups in total. The minimum Gasteiger partial charge on any atom is -0.493 e. The minimum atomic E-state index is -2.49. The lowest BCUT2D eigenvalue weighted by Gasteiger charge is -2.71. The number of ether oxygens (including phenoxy) is 15. The summed E-state index contributed by atoms with van der Waals surface area (Å²) in [4.78, 5) is 68.5. The van der Waals surface area contributed by atoms with Gasteiger partial charge in [0.05, 0.1) is 95.3 Å². The second kappa shape index (κ2) is 33.1. The molecule has 632 valence electrons. The summed E-state index contributed by atoms with van der Waals surface area (Å²) in [6, 6.07) is 3.09. The Bertz CT molecular complexity index is 3580. The Hall–Kier alpha value is -5.47. The largest absolute Gasteiger partial charge is 0.493 e. The zero-order valence-corrected chi connectivity index (χ0v) is 64.5. The van der Waals surface area contributed by atoms with Crippen molar-refractivity contribution in [3.05, 3.63) is 35.4 Å². The summed E-state index contributed by atoms with van der Waals surface area (Å²) in [5.74, 6) is -6.89. The van der Waals surface area contributed by atoms with Crippen molar-refractivity contribution in [2.45, 2.75) is 279 Å². The number of rotatable bonds is 25. The average Bonchev–Trinajstić information content (AvgIpc) is 0.737. The van der Waals surface area contributed by atoms with Gasteiger partial charge in [-0.15, -0.1) is 0 Å². The number of carbonyl (C=O) groups excluding carboxylic acids is 3. The molecule has 5 aliphatic heterocycles. The molecule has 36 nitrogen and oxygen atoms in total. The molecule has 0 radical (unpaired) electrons. The van der Waals surface area contributed by atoms with E-state index in [9.17, 15) is 101 Å². The first kappa shape index (κ1) is 87.4. The van der Waals surface area contributed by atoms with Gasteiger partial charge in [-0.2, -0.15) is 0 Å². The predicted molar refractivity (Wildman–Crippen MR) is 376 cm³/mol. The monoisotopic (exact) mass is 1600 g/mol. The van der Waals surface area contributed by atoms with Crippen molar-refractivity contribution >= 4 is 35.9 Å². The van der Waals surface area contributed by atoms with E-state index in [4.69, 9.17) is 71.1 Å². The molecule has 0 bridgehead atoms. The summed E-state index contributed by atoms with van der Waals surface area (Å²) in [6.07, 6.45) is -36.6. The second-order valence-electron chi connectivity index (χ2n) is 34.1. The number of carbonyl (C=O) groups is 5. The smallest absolute Gasteiger partial charge is 0.331 e. The van der Waals surface area contributed by atoms with Gasteiger partial charge in [0.15, 0.2) is 54.5 Å². The minimum absolute atomic E-state index is 0.0305. The van der Waals surface area contributed by atoms with Crippen molar-refractivity contribution in [1.82, 2.24) is 0 Å². The first-order valence-electron chi connectivity index (χ1n) is 38.0. The van der Waals surface area contributed by atoms with Gasteiger partial charge in [0.2, 0.25) is 12.0 Å². The van der Waals surface area contributed by atoms with Crippen molar-refractivity contribution < 1.29 is 177 Å². The maximum atomic E-state index is 16.2. The molecule has 9 fully saturated rings. The SMILES string of the molecule is COc1cc(/C=C/C(=O)O[C@@H]2[C@H](O)[C@@H](O[C@@H]3O[C@@H](C)[C@H](O[C@@H]4OC[C@@H](O)[C@H](O)[C@H]4O)[C@@H](O[C@@H]4OC[C@](O)(COC(=O)CC(C)(O)CC(=O)O)[C@H]4O)[C@H]3O)[C@H](OC(=O)[C@]34CCC(C)(C)C[C@H]3C3=CC[C@@H]5[C@@]6(C)C[C@H](O)[C@H](O[C@@H]7O[C@H](CO)[C@@H](O)[C@H](O)[C@H]7O)[C@@](C)(C(=O)O)[C@@H]6CC[C@@]5(C)[C@]3(CO)CC4)O[C@@H]2C)cc(OC)c1OC. The Balaban J connectivity index is 0.910. The van der Waals surface area contributed by atoms with E-state index in [0.29, 0.717) is 24.8 Å². The van der Waals surface area contributed by atoms with Gasteiger partial charge in [0.25, 0.3) is 0 Å². The van der Waals surface area contributed by atoms with E-state index >= 15 is 4.79 Å². The zero-order valence-electron chi connectivity index (χ0n) is 64.5. The number of allylic oxidation sites excluding steroid dienone is 1. The first-order chi connectivity index (χ1) is 52.5. The standard InChI is InChI=1S/C76H112O36/c1-33-55(107-46(83)15-12-35-22-40(98-9)57(100-11)41(23-35)99-10)53(90)59(110-64-54(91)58(56(34(2)104-64)108-62-51(88)48(85)39(80)29-101-62)109-66-60(92)76(97,32-103-66)31-102-47(84)27-70(5,96)26-45(81)82)65(105-33)112-68(95)74-19-18-69(3,4)24-37(74)36-13-14-43-71(6)25-38(79)61(111-63-52(89)50(87)49(86)42(28-77)106-63)73(8,67(93)94)44(71)16-17-72(43,7)75(36,30-78)21-20-74/h12-13,15,22-23,33-34,37-39,42-44,48-56,58-66,77-80,85-92,96-97H,14,16-21,24-32H2,1-11H3,(H,81,82)(H,93,94)/b15-12+/t33-,34+,37+,38+,39-,42-,43-,44-,48+,49-,50+,51-,52-,53+,54-,55+,56+,58+,59-,60+,61+,62+,63+,64+,65+,66+,70?,71-,72-,73+,74+,75+,76-/m1/s1. The van der Waals surface area contributed by atoms with Crippen LogP contribution in [0.4, 0.5) is 0 Å². The van der Waals surface area contributed by atoms with Crippen molar-refractivity contribution in [2.75, 3.05) is 54.4 Å². The maximum absolute atomic E-state index is 16.2. The molecule has 36 heteroatoms. The second-order valence-corrected chi connectivity index (χ2v) is 34.1. The molecule has 1 aromatic carbocycles. The van der Waals surface area contributed by atoms with E-state index in [1.165, 1.54) is 48.2 Å². The molecule has 11 rings (SSSR count). The van der Waals surface area contributed by atoms with E-state index in [1.807, 2.05) is 13.0 Å². The van der Waals surface area contributed by atoms with E-state index in [2.05, 4.69) is 20.8 Å². The third kappa shape index (κ3) is 15.9. The lowest BCUT2D eigenvalue weighted by Crippen LogP contribution is -2.71. The molecule has 5 aliphatic carbocycles. The van der Waals surface area contributed by atoms with Gasteiger partial charge in [-0.1, -0.05) is 39.3 Å². The predicted octanol–water partition coefficient (Wildman–Crippen LogP) is -1.41. The third-order valence-electron chi connectivity index (χ3n) is 26.4.